The van der Waals surface area contributed by atoms with Crippen LogP contribution in [0.4, 0.5) is 0 Å². The Morgan fingerprint density at radius 1 is 1.32 bits per heavy atom. The number of piperidine rings is 1. The molecule has 0 spiro atoms. The topological polar surface area (TPSA) is 47.4 Å². The van der Waals surface area contributed by atoms with Gasteiger partial charge in [-0.3, -0.25) is 4.79 Å². The predicted octanol–water partition coefficient (Wildman–Crippen LogP) is 3.93. The molecule has 0 amide bonds. The van der Waals surface area contributed by atoms with Gasteiger partial charge in [-0.1, -0.05) is 19.9 Å². The van der Waals surface area contributed by atoms with Crippen LogP contribution in [0, 0.1) is 5.92 Å². The molecule has 1 aromatic heterocycles. The van der Waals surface area contributed by atoms with Crippen molar-refractivity contribution in [1.82, 2.24) is 14.5 Å². The molecule has 1 fully saturated rings. The summed E-state index contributed by atoms with van der Waals surface area (Å²) in [6.07, 6.45) is 3.73. The highest BCUT2D eigenvalue weighted by Crippen LogP contribution is 2.31. The maximum absolute atomic E-state index is 12.7. The minimum absolute atomic E-state index is 0.0556. The Hall–Kier alpha value is -1.88. The third-order valence-electron chi connectivity index (χ3n) is 5.21. The highest BCUT2D eigenvalue weighted by Gasteiger charge is 2.22. The Morgan fingerprint density at radius 2 is 2.04 bits per heavy atom. The maximum atomic E-state index is 12.7. The SMILES string of the molecule is COc1nc2cc(C3CCN(C)CC3)ccc2n1C(=O)CCC(C)C. The lowest BCUT2D eigenvalue weighted by Gasteiger charge is -2.29. The van der Waals surface area contributed by atoms with Gasteiger partial charge in [0.15, 0.2) is 0 Å². The fourth-order valence-corrected chi connectivity index (χ4v) is 3.57. The van der Waals surface area contributed by atoms with Crippen LogP contribution in [-0.4, -0.2) is 47.6 Å². The minimum atomic E-state index is 0.0556. The molecule has 5 heteroatoms. The van der Waals surface area contributed by atoms with Gasteiger partial charge in [-0.25, -0.2) is 4.57 Å². The molecule has 0 saturated carbocycles. The van der Waals surface area contributed by atoms with Crippen LogP contribution in [0.2, 0.25) is 0 Å². The molecule has 0 N–H and O–H groups in total. The number of aromatic nitrogens is 2. The summed E-state index contributed by atoms with van der Waals surface area (Å²) in [4.78, 5) is 19.6. The quantitative estimate of drug-likeness (QED) is 0.825. The summed E-state index contributed by atoms with van der Waals surface area (Å²) in [5.74, 6) is 1.13. The van der Waals surface area contributed by atoms with Crippen LogP contribution in [0.15, 0.2) is 18.2 Å². The predicted molar refractivity (Wildman–Crippen MR) is 100 cm³/mol. The van der Waals surface area contributed by atoms with Crippen molar-refractivity contribution in [2.45, 2.75) is 45.4 Å². The highest BCUT2D eigenvalue weighted by molar-refractivity contribution is 5.92. The second-order valence-corrected chi connectivity index (χ2v) is 7.59. The fourth-order valence-electron chi connectivity index (χ4n) is 3.57. The van der Waals surface area contributed by atoms with E-state index < -0.39 is 0 Å². The number of hydrogen-bond acceptors (Lipinski definition) is 4. The summed E-state index contributed by atoms with van der Waals surface area (Å²) in [6.45, 7) is 6.52. The molecule has 0 radical (unpaired) electrons. The van der Waals surface area contributed by atoms with Crippen LogP contribution < -0.4 is 4.74 Å². The molecular weight excluding hydrogens is 314 g/mol. The van der Waals surface area contributed by atoms with Gasteiger partial charge in [0.05, 0.1) is 18.1 Å². The van der Waals surface area contributed by atoms with E-state index in [0.29, 0.717) is 24.3 Å². The van der Waals surface area contributed by atoms with Crippen molar-refractivity contribution in [3.63, 3.8) is 0 Å². The van der Waals surface area contributed by atoms with Crippen LogP contribution in [0.25, 0.3) is 11.0 Å². The first-order chi connectivity index (χ1) is 12.0. The van der Waals surface area contributed by atoms with Gasteiger partial charge in [0, 0.05) is 6.42 Å². The Bertz CT molecular complexity index is 743. The Morgan fingerprint density at radius 3 is 2.68 bits per heavy atom. The van der Waals surface area contributed by atoms with E-state index in [1.807, 2.05) is 6.07 Å². The molecule has 3 rings (SSSR count). The van der Waals surface area contributed by atoms with Crippen molar-refractivity contribution in [3.05, 3.63) is 23.8 Å². The number of fused-ring (bicyclic) bond motifs is 1. The molecule has 0 unspecified atom stereocenters. The van der Waals surface area contributed by atoms with E-state index in [0.717, 1.165) is 30.5 Å². The van der Waals surface area contributed by atoms with Gasteiger partial charge in [0.2, 0.25) is 5.91 Å². The standard InChI is InChI=1S/C20H29N3O2/c1-14(2)5-8-19(24)23-18-7-6-16(13-17(18)21-20(23)25-4)15-9-11-22(3)12-10-15/h6-7,13-15H,5,8-12H2,1-4H3. The normalized spacial score (nSPS) is 16.7. The molecule has 2 heterocycles. The van der Waals surface area contributed by atoms with E-state index in [-0.39, 0.29) is 5.91 Å². The zero-order valence-corrected chi connectivity index (χ0v) is 15.8. The molecule has 1 aliphatic heterocycles. The highest BCUT2D eigenvalue weighted by atomic mass is 16.5. The van der Waals surface area contributed by atoms with Crippen molar-refractivity contribution in [2.75, 3.05) is 27.2 Å². The smallest absolute Gasteiger partial charge is 0.304 e. The number of benzene rings is 1. The monoisotopic (exact) mass is 343 g/mol. The van der Waals surface area contributed by atoms with Crippen molar-refractivity contribution in [2.24, 2.45) is 5.92 Å². The number of rotatable bonds is 5. The number of carbonyl (C=O) groups is 1. The first-order valence-corrected chi connectivity index (χ1v) is 9.27. The van der Waals surface area contributed by atoms with Gasteiger partial charge in [-0.2, -0.15) is 4.98 Å². The summed E-state index contributed by atoms with van der Waals surface area (Å²) >= 11 is 0. The van der Waals surface area contributed by atoms with Crippen molar-refractivity contribution < 1.29 is 9.53 Å². The summed E-state index contributed by atoms with van der Waals surface area (Å²) < 4.78 is 7.02. The Balaban J connectivity index is 1.89. The van der Waals surface area contributed by atoms with E-state index in [9.17, 15) is 4.79 Å². The van der Waals surface area contributed by atoms with E-state index >= 15 is 0 Å². The van der Waals surface area contributed by atoms with Crippen molar-refractivity contribution in [3.8, 4) is 6.01 Å². The van der Waals surface area contributed by atoms with Gasteiger partial charge in [0.1, 0.15) is 0 Å². The van der Waals surface area contributed by atoms with Crippen LogP contribution in [-0.2, 0) is 0 Å². The van der Waals surface area contributed by atoms with E-state index in [1.165, 1.54) is 18.4 Å². The molecule has 1 saturated heterocycles. The molecular formula is C20H29N3O2. The number of methoxy groups -OCH3 is 1. The number of hydrogen-bond donors (Lipinski definition) is 0. The molecule has 0 bridgehead atoms. The second-order valence-electron chi connectivity index (χ2n) is 7.59. The number of carbonyl (C=O) groups excluding carboxylic acids is 1. The average Bonchev–Trinajstić information content (AvgIpc) is 2.98. The molecule has 2 aromatic rings. The third-order valence-corrected chi connectivity index (χ3v) is 5.21. The number of nitrogens with zero attached hydrogens (tertiary/aromatic N) is 3. The molecule has 0 aliphatic carbocycles. The van der Waals surface area contributed by atoms with Crippen LogP contribution in [0.1, 0.15) is 55.8 Å². The molecule has 1 aromatic carbocycles. The second kappa shape index (κ2) is 7.56. The van der Waals surface area contributed by atoms with Crippen molar-refractivity contribution in [1.29, 1.82) is 0 Å². The zero-order valence-electron chi connectivity index (χ0n) is 15.8. The lowest BCUT2D eigenvalue weighted by Crippen LogP contribution is -2.29. The van der Waals surface area contributed by atoms with Crippen molar-refractivity contribution >= 4 is 16.9 Å². The minimum Gasteiger partial charge on any atom is -0.468 e. The van der Waals surface area contributed by atoms with Gasteiger partial charge in [-0.15, -0.1) is 0 Å². The molecule has 5 nitrogen and oxygen atoms in total. The zero-order chi connectivity index (χ0) is 18.0. The molecule has 0 atom stereocenters. The average molecular weight is 343 g/mol. The largest absolute Gasteiger partial charge is 0.468 e. The number of ether oxygens (including phenoxy) is 1. The maximum Gasteiger partial charge on any atom is 0.304 e. The summed E-state index contributed by atoms with van der Waals surface area (Å²) in [5.41, 5.74) is 3.02. The summed E-state index contributed by atoms with van der Waals surface area (Å²) in [5, 5.41) is 0. The first kappa shape index (κ1) is 17.9. The van der Waals surface area contributed by atoms with Crippen LogP contribution in [0.3, 0.4) is 0 Å². The number of likely N-dealkylation sites (tertiary alicyclic amines) is 1. The summed E-state index contributed by atoms with van der Waals surface area (Å²) in [7, 11) is 3.75. The first-order valence-electron chi connectivity index (χ1n) is 9.27. The lowest BCUT2D eigenvalue weighted by molar-refractivity contribution is 0.0889. The molecule has 1 aliphatic rings. The molecule has 136 valence electrons. The van der Waals surface area contributed by atoms with Gasteiger partial charge >= 0.3 is 6.01 Å². The van der Waals surface area contributed by atoms with Gasteiger partial charge in [0.25, 0.3) is 0 Å². The van der Waals surface area contributed by atoms with Gasteiger partial charge < -0.3 is 9.64 Å². The lowest BCUT2D eigenvalue weighted by atomic mass is 9.89. The Labute approximate surface area is 150 Å². The Kier molecular flexibility index (Phi) is 5.42. The number of imidazole rings is 1. The third kappa shape index (κ3) is 3.87. The van der Waals surface area contributed by atoms with Crippen LogP contribution in [0.5, 0.6) is 6.01 Å². The van der Waals surface area contributed by atoms with E-state index in [4.69, 9.17) is 4.74 Å². The fraction of sp³-hybridized carbons (Fsp3) is 0.600. The molecule has 25 heavy (non-hydrogen) atoms. The van der Waals surface area contributed by atoms with Crippen LogP contribution >= 0.6 is 0 Å². The van der Waals surface area contributed by atoms with Gasteiger partial charge in [-0.05, 0) is 68.9 Å². The van der Waals surface area contributed by atoms with E-state index in [1.54, 1.807) is 11.7 Å². The summed E-state index contributed by atoms with van der Waals surface area (Å²) in [6, 6.07) is 6.72. The van der Waals surface area contributed by atoms with E-state index in [2.05, 4.69) is 42.9 Å².